The number of benzene rings is 1. The number of nitrogens with one attached hydrogen (secondary N) is 2. The van der Waals surface area contributed by atoms with Gasteiger partial charge in [-0.2, -0.15) is 0 Å². The molecule has 0 radical (unpaired) electrons. The minimum atomic E-state index is -0.187. The first kappa shape index (κ1) is 14.4. The maximum Gasteiger partial charge on any atom is 0.267 e. The number of fused-ring (bicyclic) bond motifs is 1. The molecule has 20 heavy (non-hydrogen) atoms. The number of methoxy groups -OCH3 is 1. The number of hydrogen-bond acceptors (Lipinski definition) is 4. The SMILES string of the molecule is COc1ccc2[nH]c(C(=O)NCCOCCO)cc2c1. The third-order valence-corrected chi connectivity index (χ3v) is 2.84. The maximum atomic E-state index is 11.9. The Balaban J connectivity index is 1.96. The minimum Gasteiger partial charge on any atom is -0.497 e. The number of ether oxygens (including phenoxy) is 2. The standard InChI is InChI=1S/C14H18N2O4/c1-19-11-2-3-12-10(8-11)9-13(16-12)14(18)15-4-6-20-7-5-17/h2-3,8-9,16-17H,4-7H2,1H3,(H,15,18). The Morgan fingerprint density at radius 3 is 2.95 bits per heavy atom. The van der Waals surface area contributed by atoms with Gasteiger partial charge in [0.1, 0.15) is 11.4 Å². The van der Waals surface area contributed by atoms with Gasteiger partial charge in [-0.25, -0.2) is 0 Å². The summed E-state index contributed by atoms with van der Waals surface area (Å²) in [5, 5.41) is 12.2. The topological polar surface area (TPSA) is 83.6 Å². The van der Waals surface area contributed by atoms with E-state index in [2.05, 4.69) is 10.3 Å². The van der Waals surface area contributed by atoms with E-state index in [0.717, 1.165) is 16.7 Å². The molecular formula is C14H18N2O4. The second-order valence-corrected chi connectivity index (χ2v) is 4.23. The predicted molar refractivity (Wildman–Crippen MR) is 75.1 cm³/mol. The third-order valence-electron chi connectivity index (χ3n) is 2.84. The third kappa shape index (κ3) is 3.49. The van der Waals surface area contributed by atoms with Gasteiger partial charge in [0.15, 0.2) is 0 Å². The van der Waals surface area contributed by atoms with Crippen LogP contribution in [0.5, 0.6) is 5.75 Å². The molecule has 6 heteroatoms. The molecule has 0 fully saturated rings. The van der Waals surface area contributed by atoms with Gasteiger partial charge in [-0.15, -0.1) is 0 Å². The van der Waals surface area contributed by atoms with Crippen molar-refractivity contribution in [2.75, 3.05) is 33.5 Å². The molecule has 1 heterocycles. The van der Waals surface area contributed by atoms with Crippen molar-refractivity contribution in [1.82, 2.24) is 10.3 Å². The van der Waals surface area contributed by atoms with Crippen LogP contribution in [0.2, 0.25) is 0 Å². The molecule has 0 aliphatic rings. The average Bonchev–Trinajstić information content (AvgIpc) is 2.89. The number of aliphatic hydroxyl groups is 1. The molecule has 2 aromatic rings. The van der Waals surface area contributed by atoms with E-state index in [1.165, 1.54) is 0 Å². The highest BCUT2D eigenvalue weighted by Crippen LogP contribution is 2.21. The zero-order valence-corrected chi connectivity index (χ0v) is 11.3. The summed E-state index contributed by atoms with van der Waals surface area (Å²) in [6.07, 6.45) is 0. The number of aliphatic hydroxyl groups excluding tert-OH is 1. The molecule has 2 rings (SSSR count). The van der Waals surface area contributed by atoms with E-state index in [1.54, 1.807) is 13.2 Å². The molecule has 0 saturated heterocycles. The highest BCUT2D eigenvalue weighted by Gasteiger charge is 2.09. The van der Waals surface area contributed by atoms with E-state index in [4.69, 9.17) is 14.6 Å². The van der Waals surface area contributed by atoms with Crippen molar-refractivity contribution in [2.45, 2.75) is 0 Å². The van der Waals surface area contributed by atoms with Crippen LogP contribution in [0.3, 0.4) is 0 Å². The van der Waals surface area contributed by atoms with Crippen LogP contribution in [0, 0.1) is 0 Å². The number of H-pyrrole nitrogens is 1. The maximum absolute atomic E-state index is 11.9. The van der Waals surface area contributed by atoms with Gasteiger partial charge in [0, 0.05) is 17.4 Å². The van der Waals surface area contributed by atoms with Crippen LogP contribution in [-0.2, 0) is 4.74 Å². The Labute approximate surface area is 116 Å². The van der Waals surface area contributed by atoms with Crippen LogP contribution < -0.4 is 10.1 Å². The Morgan fingerprint density at radius 2 is 2.20 bits per heavy atom. The zero-order chi connectivity index (χ0) is 14.4. The van der Waals surface area contributed by atoms with Crippen molar-refractivity contribution in [3.63, 3.8) is 0 Å². The summed E-state index contributed by atoms with van der Waals surface area (Å²) in [5.74, 6) is 0.564. The Morgan fingerprint density at radius 1 is 1.35 bits per heavy atom. The van der Waals surface area contributed by atoms with Gasteiger partial charge in [0.25, 0.3) is 5.91 Å². The lowest BCUT2D eigenvalue weighted by molar-refractivity contribution is 0.0835. The van der Waals surface area contributed by atoms with Gasteiger partial charge in [-0.3, -0.25) is 4.79 Å². The second-order valence-electron chi connectivity index (χ2n) is 4.23. The van der Waals surface area contributed by atoms with E-state index in [1.807, 2.05) is 18.2 Å². The Kier molecular flexibility index (Phi) is 4.97. The second kappa shape index (κ2) is 6.93. The van der Waals surface area contributed by atoms with Gasteiger partial charge >= 0.3 is 0 Å². The van der Waals surface area contributed by atoms with Crippen molar-refractivity contribution in [2.24, 2.45) is 0 Å². The fourth-order valence-corrected chi connectivity index (χ4v) is 1.86. The molecule has 108 valence electrons. The number of carbonyl (C=O) groups is 1. The highest BCUT2D eigenvalue weighted by molar-refractivity contribution is 5.98. The first-order valence-corrected chi connectivity index (χ1v) is 6.38. The summed E-state index contributed by atoms with van der Waals surface area (Å²) in [4.78, 5) is 15.0. The van der Waals surface area contributed by atoms with E-state index in [-0.39, 0.29) is 19.1 Å². The number of amides is 1. The molecule has 0 bridgehead atoms. The summed E-state index contributed by atoms with van der Waals surface area (Å²) in [6, 6.07) is 7.35. The van der Waals surface area contributed by atoms with Gasteiger partial charge in [0.2, 0.25) is 0 Å². The van der Waals surface area contributed by atoms with Gasteiger partial charge in [0.05, 0.1) is 26.9 Å². The highest BCUT2D eigenvalue weighted by atomic mass is 16.5. The van der Waals surface area contributed by atoms with E-state index in [9.17, 15) is 4.79 Å². The molecule has 3 N–H and O–H groups in total. The van der Waals surface area contributed by atoms with Gasteiger partial charge in [-0.05, 0) is 24.3 Å². The molecule has 0 unspecified atom stereocenters. The first-order chi connectivity index (χ1) is 9.74. The lowest BCUT2D eigenvalue weighted by Crippen LogP contribution is -2.27. The summed E-state index contributed by atoms with van der Waals surface area (Å²) in [6.45, 7) is 1.04. The van der Waals surface area contributed by atoms with Crippen molar-refractivity contribution < 1.29 is 19.4 Å². The lowest BCUT2D eigenvalue weighted by atomic mass is 10.2. The zero-order valence-electron chi connectivity index (χ0n) is 11.3. The van der Waals surface area contributed by atoms with E-state index in [0.29, 0.717) is 18.8 Å². The fraction of sp³-hybridized carbons (Fsp3) is 0.357. The molecule has 0 atom stereocenters. The minimum absolute atomic E-state index is 0.0161. The molecule has 1 aromatic carbocycles. The quantitative estimate of drug-likeness (QED) is 0.657. The molecule has 0 aliphatic heterocycles. The van der Waals surface area contributed by atoms with Crippen LogP contribution in [0.15, 0.2) is 24.3 Å². The molecule has 0 saturated carbocycles. The van der Waals surface area contributed by atoms with Crippen molar-refractivity contribution >= 4 is 16.8 Å². The number of carbonyl (C=O) groups excluding carboxylic acids is 1. The molecular weight excluding hydrogens is 260 g/mol. The molecule has 1 amide bonds. The molecule has 6 nitrogen and oxygen atoms in total. The van der Waals surface area contributed by atoms with E-state index < -0.39 is 0 Å². The van der Waals surface area contributed by atoms with Crippen LogP contribution >= 0.6 is 0 Å². The van der Waals surface area contributed by atoms with E-state index >= 15 is 0 Å². The lowest BCUT2D eigenvalue weighted by Gasteiger charge is -2.03. The molecule has 1 aromatic heterocycles. The normalized spacial score (nSPS) is 10.7. The monoisotopic (exact) mass is 278 g/mol. The van der Waals surface area contributed by atoms with Gasteiger partial charge < -0.3 is 24.9 Å². The summed E-state index contributed by atoms with van der Waals surface area (Å²) in [5.41, 5.74) is 1.38. The van der Waals surface area contributed by atoms with Crippen molar-refractivity contribution in [3.8, 4) is 5.75 Å². The smallest absolute Gasteiger partial charge is 0.267 e. The number of aromatic amines is 1. The van der Waals surface area contributed by atoms with Crippen molar-refractivity contribution in [3.05, 3.63) is 30.0 Å². The Hall–Kier alpha value is -2.05. The number of rotatable bonds is 7. The largest absolute Gasteiger partial charge is 0.497 e. The molecule has 0 spiro atoms. The van der Waals surface area contributed by atoms with Crippen LogP contribution in [0.1, 0.15) is 10.5 Å². The summed E-state index contributed by atoms with van der Waals surface area (Å²) >= 11 is 0. The summed E-state index contributed by atoms with van der Waals surface area (Å²) < 4.78 is 10.2. The predicted octanol–water partition coefficient (Wildman–Crippen LogP) is 0.915. The average molecular weight is 278 g/mol. The number of hydrogen-bond donors (Lipinski definition) is 3. The van der Waals surface area contributed by atoms with Crippen molar-refractivity contribution in [1.29, 1.82) is 0 Å². The summed E-state index contributed by atoms with van der Waals surface area (Å²) in [7, 11) is 1.60. The van der Waals surface area contributed by atoms with Crippen LogP contribution in [0.4, 0.5) is 0 Å². The van der Waals surface area contributed by atoms with Gasteiger partial charge in [-0.1, -0.05) is 0 Å². The fourth-order valence-electron chi connectivity index (χ4n) is 1.86. The van der Waals surface area contributed by atoms with Crippen LogP contribution in [-0.4, -0.2) is 49.5 Å². The molecule has 0 aliphatic carbocycles. The Bertz CT molecular complexity index is 580. The first-order valence-electron chi connectivity index (χ1n) is 6.38. The number of aromatic nitrogens is 1. The van der Waals surface area contributed by atoms with Crippen LogP contribution in [0.25, 0.3) is 10.9 Å².